The third-order valence-electron chi connectivity index (χ3n) is 4.29. The number of aryl methyl sites for hydroxylation is 1. The number of hydrogen-bond acceptors (Lipinski definition) is 4. The quantitative estimate of drug-likeness (QED) is 0.890. The summed E-state index contributed by atoms with van der Waals surface area (Å²) in [6.45, 7) is 4.60. The molecule has 1 aliphatic heterocycles. The van der Waals surface area contributed by atoms with Crippen molar-refractivity contribution in [3.8, 4) is 0 Å². The lowest BCUT2D eigenvalue weighted by Crippen LogP contribution is -2.58. The molecular weight excluding hydrogens is 296 g/mol. The molecule has 0 radical (unpaired) electrons. The minimum absolute atomic E-state index is 0.0768. The predicted molar refractivity (Wildman–Crippen MR) is 84.6 cm³/mol. The highest BCUT2D eigenvalue weighted by Crippen LogP contribution is 2.19. The summed E-state index contributed by atoms with van der Waals surface area (Å²) in [6, 6.07) is 7.70. The molecule has 7 heteroatoms. The van der Waals surface area contributed by atoms with Gasteiger partial charge in [0.05, 0.1) is 24.2 Å². The highest BCUT2D eigenvalue weighted by Gasteiger charge is 2.39. The van der Waals surface area contributed by atoms with Crippen LogP contribution in [-0.4, -0.2) is 51.6 Å². The minimum Gasteiger partial charge on any atom is -0.367 e. The number of nitrogens with zero attached hydrogens (tertiary/aromatic N) is 3. The van der Waals surface area contributed by atoms with Crippen molar-refractivity contribution < 1.29 is 14.3 Å². The maximum Gasteiger partial charge on any atom is 0.251 e. The van der Waals surface area contributed by atoms with Crippen LogP contribution in [0.25, 0.3) is 11.0 Å². The number of rotatable bonds is 3. The van der Waals surface area contributed by atoms with Crippen LogP contribution < -0.4 is 5.73 Å². The van der Waals surface area contributed by atoms with Crippen LogP contribution in [-0.2, 0) is 20.9 Å². The van der Waals surface area contributed by atoms with Crippen molar-refractivity contribution in [1.29, 1.82) is 0 Å². The highest BCUT2D eigenvalue weighted by molar-refractivity contribution is 5.85. The molecule has 1 atom stereocenters. The first-order valence-electron chi connectivity index (χ1n) is 7.54. The number of aromatic nitrogens is 2. The number of amides is 2. The molecule has 2 heterocycles. The third-order valence-corrected chi connectivity index (χ3v) is 4.29. The smallest absolute Gasteiger partial charge is 0.251 e. The number of imidazole rings is 1. The fourth-order valence-electron chi connectivity index (χ4n) is 2.86. The van der Waals surface area contributed by atoms with Crippen molar-refractivity contribution in [1.82, 2.24) is 14.5 Å². The van der Waals surface area contributed by atoms with Crippen molar-refractivity contribution in [3.05, 3.63) is 30.1 Å². The van der Waals surface area contributed by atoms with Gasteiger partial charge < -0.3 is 19.9 Å². The molecule has 7 nitrogen and oxygen atoms in total. The van der Waals surface area contributed by atoms with Crippen LogP contribution in [0.15, 0.2) is 24.3 Å². The molecule has 122 valence electrons. The summed E-state index contributed by atoms with van der Waals surface area (Å²) in [5.74, 6) is 0.150. The van der Waals surface area contributed by atoms with Gasteiger partial charge in [-0.3, -0.25) is 9.59 Å². The SMILES string of the molecule is Cc1nc2ccccc2n1CC(=O)N1CCOC(C)(C(N)=O)C1. The van der Waals surface area contributed by atoms with Crippen LogP contribution in [0.5, 0.6) is 0 Å². The van der Waals surface area contributed by atoms with Gasteiger partial charge in [0, 0.05) is 6.54 Å². The Morgan fingerprint density at radius 2 is 2.13 bits per heavy atom. The van der Waals surface area contributed by atoms with E-state index in [1.54, 1.807) is 11.8 Å². The van der Waals surface area contributed by atoms with E-state index >= 15 is 0 Å². The number of benzene rings is 1. The molecule has 1 fully saturated rings. The van der Waals surface area contributed by atoms with Crippen LogP contribution in [0.1, 0.15) is 12.7 Å². The maximum atomic E-state index is 12.6. The Balaban J connectivity index is 1.81. The molecular formula is C16H20N4O3. The first kappa shape index (κ1) is 15.5. The van der Waals surface area contributed by atoms with Crippen LogP contribution in [0.2, 0.25) is 0 Å². The standard InChI is InChI=1S/C16H20N4O3/c1-11-18-12-5-3-4-6-13(12)20(11)9-14(21)19-7-8-23-16(2,10-19)15(17)22/h3-6H,7-10H2,1-2H3,(H2,17,22). The Hall–Kier alpha value is -2.41. The number of fused-ring (bicyclic) bond motifs is 1. The van der Waals surface area contributed by atoms with Crippen LogP contribution in [0.3, 0.4) is 0 Å². The van der Waals surface area contributed by atoms with Gasteiger partial charge in [-0.2, -0.15) is 0 Å². The third kappa shape index (κ3) is 2.79. The Labute approximate surface area is 134 Å². The van der Waals surface area contributed by atoms with Gasteiger partial charge in [-0.15, -0.1) is 0 Å². The van der Waals surface area contributed by atoms with Gasteiger partial charge in [0.2, 0.25) is 5.91 Å². The van der Waals surface area contributed by atoms with Crippen LogP contribution in [0.4, 0.5) is 0 Å². The fourth-order valence-corrected chi connectivity index (χ4v) is 2.86. The lowest BCUT2D eigenvalue weighted by atomic mass is 10.0. The normalized spacial score (nSPS) is 21.6. The molecule has 1 aromatic heterocycles. The second-order valence-electron chi connectivity index (χ2n) is 5.99. The zero-order valence-corrected chi connectivity index (χ0v) is 13.3. The second kappa shape index (κ2) is 5.66. The van der Waals surface area contributed by atoms with Crippen molar-refractivity contribution in [2.24, 2.45) is 5.73 Å². The Morgan fingerprint density at radius 3 is 2.87 bits per heavy atom. The largest absolute Gasteiger partial charge is 0.367 e. The lowest BCUT2D eigenvalue weighted by Gasteiger charge is -2.38. The fraction of sp³-hybridized carbons (Fsp3) is 0.438. The summed E-state index contributed by atoms with van der Waals surface area (Å²) < 4.78 is 7.33. The minimum atomic E-state index is -1.13. The average molecular weight is 316 g/mol. The number of hydrogen-bond donors (Lipinski definition) is 1. The molecule has 1 saturated heterocycles. The summed E-state index contributed by atoms with van der Waals surface area (Å²) >= 11 is 0. The van der Waals surface area contributed by atoms with Gasteiger partial charge in [0.1, 0.15) is 12.4 Å². The molecule has 0 saturated carbocycles. The monoisotopic (exact) mass is 316 g/mol. The molecule has 23 heavy (non-hydrogen) atoms. The summed E-state index contributed by atoms with van der Waals surface area (Å²) in [7, 11) is 0. The Morgan fingerprint density at radius 1 is 1.39 bits per heavy atom. The first-order valence-corrected chi connectivity index (χ1v) is 7.54. The van der Waals surface area contributed by atoms with Gasteiger partial charge >= 0.3 is 0 Å². The molecule has 1 unspecified atom stereocenters. The van der Waals surface area contributed by atoms with E-state index in [2.05, 4.69) is 4.98 Å². The van der Waals surface area contributed by atoms with E-state index in [0.717, 1.165) is 16.9 Å². The second-order valence-corrected chi connectivity index (χ2v) is 5.99. The van der Waals surface area contributed by atoms with E-state index in [0.29, 0.717) is 13.2 Å². The average Bonchev–Trinajstić information content (AvgIpc) is 2.83. The zero-order chi connectivity index (χ0) is 16.6. The van der Waals surface area contributed by atoms with Crippen LogP contribution >= 0.6 is 0 Å². The summed E-state index contributed by atoms with van der Waals surface area (Å²) in [6.07, 6.45) is 0. The van der Waals surface area contributed by atoms with E-state index in [4.69, 9.17) is 10.5 Å². The molecule has 0 spiro atoms. The Bertz CT molecular complexity index is 770. The molecule has 2 N–H and O–H groups in total. The van der Waals surface area contributed by atoms with Crippen LogP contribution in [0, 0.1) is 6.92 Å². The van der Waals surface area contributed by atoms with Crippen molar-refractivity contribution in [3.63, 3.8) is 0 Å². The summed E-state index contributed by atoms with van der Waals surface area (Å²) in [5, 5.41) is 0. The van der Waals surface area contributed by atoms with E-state index in [1.807, 2.05) is 35.8 Å². The molecule has 3 rings (SSSR count). The van der Waals surface area contributed by atoms with Gasteiger partial charge in [-0.1, -0.05) is 12.1 Å². The van der Waals surface area contributed by atoms with Crippen molar-refractivity contribution in [2.45, 2.75) is 26.0 Å². The van der Waals surface area contributed by atoms with E-state index in [1.165, 1.54) is 0 Å². The van der Waals surface area contributed by atoms with Gasteiger partial charge in [-0.05, 0) is 26.0 Å². The first-order chi connectivity index (χ1) is 10.9. The number of para-hydroxylation sites is 2. The molecule has 2 aromatic rings. The maximum absolute atomic E-state index is 12.6. The van der Waals surface area contributed by atoms with E-state index in [9.17, 15) is 9.59 Å². The molecule has 0 bridgehead atoms. The lowest BCUT2D eigenvalue weighted by molar-refractivity contribution is -0.160. The predicted octanol–water partition coefficient (Wildman–Crippen LogP) is 0.448. The summed E-state index contributed by atoms with van der Waals surface area (Å²) in [5.41, 5.74) is 6.04. The Kier molecular flexibility index (Phi) is 3.81. The van der Waals surface area contributed by atoms with E-state index < -0.39 is 11.5 Å². The number of nitrogens with two attached hydrogens (primary N) is 1. The number of ether oxygens (including phenoxy) is 1. The topological polar surface area (TPSA) is 90.4 Å². The van der Waals surface area contributed by atoms with Gasteiger partial charge in [0.25, 0.3) is 5.91 Å². The number of carbonyl (C=O) groups excluding carboxylic acids is 2. The molecule has 1 aliphatic rings. The summed E-state index contributed by atoms with van der Waals surface area (Å²) in [4.78, 5) is 30.3. The molecule has 1 aromatic carbocycles. The molecule has 2 amide bonds. The molecule has 0 aliphatic carbocycles. The van der Waals surface area contributed by atoms with Gasteiger partial charge in [-0.25, -0.2) is 4.98 Å². The van der Waals surface area contributed by atoms with Crippen molar-refractivity contribution in [2.75, 3.05) is 19.7 Å². The zero-order valence-electron chi connectivity index (χ0n) is 13.3. The number of primary amides is 1. The van der Waals surface area contributed by atoms with Crippen molar-refractivity contribution >= 4 is 22.8 Å². The number of morpholine rings is 1. The van der Waals surface area contributed by atoms with Gasteiger partial charge in [0.15, 0.2) is 5.60 Å². The van der Waals surface area contributed by atoms with E-state index in [-0.39, 0.29) is 19.0 Å². The highest BCUT2D eigenvalue weighted by atomic mass is 16.5. The number of carbonyl (C=O) groups is 2.